The van der Waals surface area contributed by atoms with Gasteiger partial charge in [-0.15, -0.1) is 0 Å². The molecule has 0 aliphatic carbocycles. The molecule has 106 valence electrons. The Labute approximate surface area is 123 Å². The van der Waals surface area contributed by atoms with Gasteiger partial charge in [0.2, 0.25) is 0 Å². The number of para-hydroxylation sites is 1. The van der Waals surface area contributed by atoms with Gasteiger partial charge in [0.1, 0.15) is 5.82 Å². The van der Waals surface area contributed by atoms with Gasteiger partial charge >= 0.3 is 0 Å². The summed E-state index contributed by atoms with van der Waals surface area (Å²) in [5, 5.41) is 3.81. The van der Waals surface area contributed by atoms with Crippen molar-refractivity contribution >= 4 is 17.3 Å². The van der Waals surface area contributed by atoms with Crippen LogP contribution in [-0.2, 0) is 11.3 Å². The molecule has 0 spiro atoms. The average molecular weight is 294 g/mol. The highest BCUT2D eigenvalue weighted by atomic mass is 35.5. The van der Waals surface area contributed by atoms with Gasteiger partial charge in [0.15, 0.2) is 0 Å². The topological polar surface area (TPSA) is 21.3 Å². The van der Waals surface area contributed by atoms with Crippen LogP contribution in [0.1, 0.15) is 24.1 Å². The fraction of sp³-hybridized carbons (Fsp3) is 0.250. The van der Waals surface area contributed by atoms with Gasteiger partial charge in [-0.25, -0.2) is 4.39 Å². The standard InChI is InChI=1S/C16H17ClFNO/c1-11(14-8-7-13(18)9-15(14)17)19-16-6-4-3-5-12(16)10-20-2/h3-9,11,19H,10H2,1-2H3. The van der Waals surface area contributed by atoms with E-state index in [0.29, 0.717) is 11.6 Å². The molecule has 0 aliphatic rings. The van der Waals surface area contributed by atoms with E-state index in [9.17, 15) is 4.39 Å². The normalized spacial score (nSPS) is 12.2. The smallest absolute Gasteiger partial charge is 0.124 e. The van der Waals surface area contributed by atoms with E-state index >= 15 is 0 Å². The van der Waals surface area contributed by atoms with Gasteiger partial charge in [-0.3, -0.25) is 0 Å². The van der Waals surface area contributed by atoms with E-state index in [1.807, 2.05) is 31.2 Å². The monoisotopic (exact) mass is 293 g/mol. The lowest BCUT2D eigenvalue weighted by molar-refractivity contribution is 0.185. The van der Waals surface area contributed by atoms with Crippen molar-refractivity contribution in [1.29, 1.82) is 0 Å². The van der Waals surface area contributed by atoms with Crippen LogP contribution in [0.15, 0.2) is 42.5 Å². The fourth-order valence-corrected chi connectivity index (χ4v) is 2.44. The molecule has 4 heteroatoms. The summed E-state index contributed by atoms with van der Waals surface area (Å²) in [6.45, 7) is 2.52. The minimum absolute atomic E-state index is 0.0268. The van der Waals surface area contributed by atoms with Gasteiger partial charge in [-0.05, 0) is 30.7 Å². The van der Waals surface area contributed by atoms with Crippen molar-refractivity contribution < 1.29 is 9.13 Å². The average Bonchev–Trinajstić information content (AvgIpc) is 2.41. The molecule has 0 bridgehead atoms. The number of anilines is 1. The van der Waals surface area contributed by atoms with Crippen molar-refractivity contribution in [1.82, 2.24) is 0 Å². The summed E-state index contributed by atoms with van der Waals surface area (Å²) in [6.07, 6.45) is 0. The number of halogens is 2. The van der Waals surface area contributed by atoms with E-state index in [1.54, 1.807) is 13.2 Å². The number of hydrogen-bond donors (Lipinski definition) is 1. The summed E-state index contributed by atoms with van der Waals surface area (Å²) < 4.78 is 18.3. The molecule has 2 nitrogen and oxygen atoms in total. The van der Waals surface area contributed by atoms with Crippen LogP contribution in [0.25, 0.3) is 0 Å². The number of nitrogens with one attached hydrogen (secondary N) is 1. The highest BCUT2D eigenvalue weighted by molar-refractivity contribution is 6.31. The molecule has 0 saturated carbocycles. The van der Waals surface area contributed by atoms with Crippen molar-refractivity contribution in [3.63, 3.8) is 0 Å². The largest absolute Gasteiger partial charge is 0.380 e. The van der Waals surface area contributed by atoms with Crippen molar-refractivity contribution in [2.75, 3.05) is 12.4 Å². The van der Waals surface area contributed by atoms with Crippen molar-refractivity contribution in [3.05, 3.63) is 64.4 Å². The maximum Gasteiger partial charge on any atom is 0.124 e. The lowest BCUT2D eigenvalue weighted by Gasteiger charge is -2.19. The second-order valence-corrected chi connectivity index (χ2v) is 5.03. The van der Waals surface area contributed by atoms with Crippen molar-refractivity contribution in [2.24, 2.45) is 0 Å². The molecule has 1 N–H and O–H groups in total. The molecule has 0 amide bonds. The molecule has 2 aromatic carbocycles. The molecule has 1 unspecified atom stereocenters. The van der Waals surface area contributed by atoms with Gasteiger partial charge in [0.05, 0.1) is 12.6 Å². The third kappa shape index (κ3) is 3.50. The van der Waals surface area contributed by atoms with E-state index in [4.69, 9.17) is 16.3 Å². The molecular formula is C16H17ClFNO. The Kier molecular flexibility index (Phi) is 4.99. The molecular weight excluding hydrogens is 277 g/mol. The minimum Gasteiger partial charge on any atom is -0.380 e. The zero-order chi connectivity index (χ0) is 14.5. The lowest BCUT2D eigenvalue weighted by Crippen LogP contribution is -2.09. The van der Waals surface area contributed by atoms with Gasteiger partial charge in [0.25, 0.3) is 0 Å². The molecule has 20 heavy (non-hydrogen) atoms. The molecule has 0 aromatic heterocycles. The first-order valence-corrected chi connectivity index (χ1v) is 6.78. The van der Waals surface area contributed by atoms with Crippen LogP contribution in [0.2, 0.25) is 5.02 Å². The Balaban J connectivity index is 2.21. The van der Waals surface area contributed by atoms with Crippen LogP contribution < -0.4 is 5.32 Å². The quantitative estimate of drug-likeness (QED) is 0.855. The van der Waals surface area contributed by atoms with Crippen LogP contribution in [0.4, 0.5) is 10.1 Å². The van der Waals surface area contributed by atoms with Crippen molar-refractivity contribution in [3.8, 4) is 0 Å². The van der Waals surface area contributed by atoms with Crippen LogP contribution in [0.3, 0.4) is 0 Å². The highest BCUT2D eigenvalue weighted by Crippen LogP contribution is 2.28. The maximum atomic E-state index is 13.1. The fourth-order valence-electron chi connectivity index (χ4n) is 2.11. The Morgan fingerprint density at radius 2 is 2.00 bits per heavy atom. The van der Waals surface area contributed by atoms with E-state index in [0.717, 1.165) is 16.8 Å². The SMILES string of the molecule is COCc1ccccc1NC(C)c1ccc(F)cc1Cl. The molecule has 1 atom stereocenters. The van der Waals surface area contributed by atoms with Crippen LogP contribution in [-0.4, -0.2) is 7.11 Å². The zero-order valence-corrected chi connectivity index (χ0v) is 12.2. The summed E-state index contributed by atoms with van der Waals surface area (Å²) in [5.41, 5.74) is 2.92. The summed E-state index contributed by atoms with van der Waals surface area (Å²) >= 11 is 6.09. The van der Waals surface area contributed by atoms with Crippen LogP contribution in [0.5, 0.6) is 0 Å². The van der Waals surface area contributed by atoms with E-state index in [1.165, 1.54) is 12.1 Å². The highest BCUT2D eigenvalue weighted by Gasteiger charge is 2.12. The van der Waals surface area contributed by atoms with Gasteiger partial charge in [0, 0.05) is 23.4 Å². The van der Waals surface area contributed by atoms with Gasteiger partial charge in [-0.2, -0.15) is 0 Å². The molecule has 0 fully saturated rings. The maximum absolute atomic E-state index is 13.1. The van der Waals surface area contributed by atoms with Crippen LogP contribution in [0, 0.1) is 5.82 Å². The molecule has 0 heterocycles. The van der Waals surface area contributed by atoms with E-state index in [2.05, 4.69) is 5.32 Å². The Bertz CT molecular complexity index is 588. The van der Waals surface area contributed by atoms with Crippen molar-refractivity contribution in [2.45, 2.75) is 19.6 Å². The molecule has 0 aliphatic heterocycles. The second kappa shape index (κ2) is 6.73. The third-order valence-electron chi connectivity index (χ3n) is 3.12. The molecule has 2 aromatic rings. The number of benzene rings is 2. The first kappa shape index (κ1) is 14.8. The predicted octanol–water partition coefficient (Wildman–Crippen LogP) is 4.80. The summed E-state index contributed by atoms with van der Waals surface area (Å²) in [7, 11) is 1.66. The summed E-state index contributed by atoms with van der Waals surface area (Å²) in [5.74, 6) is -0.328. The summed E-state index contributed by atoms with van der Waals surface area (Å²) in [6, 6.07) is 12.3. The molecule has 2 rings (SSSR count). The minimum atomic E-state index is -0.328. The number of methoxy groups -OCH3 is 1. The summed E-state index contributed by atoms with van der Waals surface area (Å²) in [4.78, 5) is 0. The Hall–Kier alpha value is -1.58. The Morgan fingerprint density at radius 1 is 1.25 bits per heavy atom. The number of ether oxygens (including phenoxy) is 1. The first-order valence-electron chi connectivity index (χ1n) is 6.40. The van der Waals surface area contributed by atoms with E-state index in [-0.39, 0.29) is 11.9 Å². The zero-order valence-electron chi connectivity index (χ0n) is 11.5. The predicted molar refractivity (Wildman–Crippen MR) is 80.6 cm³/mol. The second-order valence-electron chi connectivity index (χ2n) is 4.62. The van der Waals surface area contributed by atoms with Gasteiger partial charge in [-0.1, -0.05) is 35.9 Å². The van der Waals surface area contributed by atoms with E-state index < -0.39 is 0 Å². The third-order valence-corrected chi connectivity index (χ3v) is 3.45. The van der Waals surface area contributed by atoms with Gasteiger partial charge < -0.3 is 10.1 Å². The Morgan fingerprint density at radius 3 is 2.70 bits per heavy atom. The first-order chi connectivity index (χ1) is 9.61. The van der Waals surface area contributed by atoms with Crippen LogP contribution >= 0.6 is 11.6 Å². The lowest BCUT2D eigenvalue weighted by atomic mass is 10.1. The number of hydrogen-bond acceptors (Lipinski definition) is 2. The molecule has 0 saturated heterocycles. The number of rotatable bonds is 5. The molecule has 0 radical (unpaired) electrons.